The number of aryl methyl sites for hydroxylation is 1. The molecule has 37 heavy (non-hydrogen) atoms. The number of anilines is 1. The lowest BCUT2D eigenvalue weighted by molar-refractivity contribution is -0.138. The van der Waals surface area contributed by atoms with Crippen LogP contribution in [0.3, 0.4) is 0 Å². The van der Waals surface area contributed by atoms with Gasteiger partial charge in [0.15, 0.2) is 5.78 Å². The van der Waals surface area contributed by atoms with Crippen molar-refractivity contribution in [3.05, 3.63) is 93.7 Å². The number of benzene rings is 2. The first-order valence-electron chi connectivity index (χ1n) is 12.1. The molecule has 1 saturated heterocycles. The molecule has 0 saturated carbocycles. The molecule has 1 aliphatic rings. The quantitative estimate of drug-likeness (QED) is 0.406. The standard InChI is InChI=1S/C29H29F3N4O/c1-20-14-21(5-7-23-4-3-9-34-28(23)33)16-25(15-20)27(37)18-22-6-8-24(26(17-22)29(30,31)32)19-36-12-10-35(2)11-13-36/h3-4,6,8-9,14-17H,10-13,18-19H2,1-2H3,(H2,33,34). The number of ketones is 1. The topological polar surface area (TPSA) is 62.5 Å². The zero-order valence-corrected chi connectivity index (χ0v) is 20.9. The fourth-order valence-electron chi connectivity index (χ4n) is 4.35. The number of nitrogens with two attached hydrogens (primary N) is 1. The van der Waals surface area contributed by atoms with Gasteiger partial charge in [0.05, 0.1) is 11.1 Å². The van der Waals surface area contributed by atoms with E-state index in [0.717, 1.165) is 37.8 Å². The van der Waals surface area contributed by atoms with Gasteiger partial charge in [-0.25, -0.2) is 4.98 Å². The Morgan fingerprint density at radius 2 is 1.81 bits per heavy atom. The number of carbonyl (C=O) groups excluding carboxylic acids is 1. The summed E-state index contributed by atoms with van der Waals surface area (Å²) in [5.41, 5.74) is 8.14. The molecule has 0 amide bonds. The van der Waals surface area contributed by atoms with Gasteiger partial charge in [-0.05, 0) is 67.1 Å². The number of piperazine rings is 1. The lowest BCUT2D eigenvalue weighted by Gasteiger charge is -2.33. The van der Waals surface area contributed by atoms with Crippen LogP contribution < -0.4 is 5.73 Å². The number of hydrogen-bond acceptors (Lipinski definition) is 5. The number of nitrogens with zero attached hydrogens (tertiary/aromatic N) is 3. The molecule has 5 nitrogen and oxygen atoms in total. The van der Waals surface area contributed by atoms with Gasteiger partial charge in [0.25, 0.3) is 0 Å². The number of carbonyl (C=O) groups is 1. The monoisotopic (exact) mass is 506 g/mol. The summed E-state index contributed by atoms with van der Waals surface area (Å²) in [6, 6.07) is 12.9. The average molecular weight is 507 g/mol. The van der Waals surface area contributed by atoms with E-state index in [2.05, 4.69) is 21.7 Å². The van der Waals surface area contributed by atoms with Gasteiger partial charge < -0.3 is 10.6 Å². The fourth-order valence-corrected chi connectivity index (χ4v) is 4.35. The second kappa shape index (κ2) is 11.2. The maximum Gasteiger partial charge on any atom is 0.416 e. The van der Waals surface area contributed by atoms with Crippen LogP contribution in [0, 0.1) is 18.8 Å². The Hall–Kier alpha value is -3.67. The number of aromatic nitrogens is 1. The Bertz CT molecular complexity index is 1350. The van der Waals surface area contributed by atoms with E-state index in [-0.39, 0.29) is 24.3 Å². The number of nitrogen functional groups attached to an aromatic ring is 1. The van der Waals surface area contributed by atoms with Crippen molar-refractivity contribution in [3.8, 4) is 11.8 Å². The summed E-state index contributed by atoms with van der Waals surface area (Å²) >= 11 is 0. The highest BCUT2D eigenvalue weighted by atomic mass is 19.4. The molecule has 0 spiro atoms. The summed E-state index contributed by atoms with van der Waals surface area (Å²) in [7, 11) is 2.00. The largest absolute Gasteiger partial charge is 0.416 e. The van der Waals surface area contributed by atoms with Crippen LogP contribution in [0.4, 0.5) is 19.0 Å². The van der Waals surface area contributed by atoms with Gasteiger partial charge in [-0.3, -0.25) is 9.69 Å². The van der Waals surface area contributed by atoms with Crippen LogP contribution in [0.25, 0.3) is 0 Å². The molecule has 8 heteroatoms. The smallest absolute Gasteiger partial charge is 0.383 e. The second-order valence-corrected chi connectivity index (χ2v) is 9.44. The lowest BCUT2D eigenvalue weighted by atomic mass is 9.96. The molecule has 1 aliphatic heterocycles. The zero-order chi connectivity index (χ0) is 26.6. The summed E-state index contributed by atoms with van der Waals surface area (Å²) < 4.78 is 41.8. The third-order valence-electron chi connectivity index (χ3n) is 6.41. The number of pyridine rings is 1. The van der Waals surface area contributed by atoms with Crippen molar-refractivity contribution in [2.24, 2.45) is 0 Å². The van der Waals surface area contributed by atoms with Gasteiger partial charge in [-0.2, -0.15) is 13.2 Å². The van der Waals surface area contributed by atoms with Crippen molar-refractivity contribution >= 4 is 11.6 Å². The minimum absolute atomic E-state index is 0.135. The van der Waals surface area contributed by atoms with Crippen LogP contribution in [0.5, 0.6) is 0 Å². The number of halogens is 3. The van der Waals surface area contributed by atoms with Crippen molar-refractivity contribution in [1.82, 2.24) is 14.8 Å². The molecule has 2 heterocycles. The predicted molar refractivity (Wildman–Crippen MR) is 138 cm³/mol. The third-order valence-corrected chi connectivity index (χ3v) is 6.41. The van der Waals surface area contributed by atoms with Crippen molar-refractivity contribution in [1.29, 1.82) is 0 Å². The van der Waals surface area contributed by atoms with Crippen LogP contribution in [0.15, 0.2) is 54.7 Å². The van der Waals surface area contributed by atoms with E-state index in [4.69, 9.17) is 5.73 Å². The van der Waals surface area contributed by atoms with Crippen molar-refractivity contribution in [2.75, 3.05) is 39.0 Å². The van der Waals surface area contributed by atoms with Gasteiger partial charge in [0, 0.05) is 56.5 Å². The molecule has 0 radical (unpaired) electrons. The molecule has 2 N–H and O–H groups in total. The molecule has 0 atom stereocenters. The molecule has 1 aromatic heterocycles. The first-order valence-corrected chi connectivity index (χ1v) is 12.1. The van der Waals surface area contributed by atoms with Gasteiger partial charge in [-0.15, -0.1) is 0 Å². The van der Waals surface area contributed by atoms with Crippen LogP contribution >= 0.6 is 0 Å². The second-order valence-electron chi connectivity index (χ2n) is 9.44. The Balaban J connectivity index is 1.54. The zero-order valence-electron chi connectivity index (χ0n) is 20.9. The molecule has 0 unspecified atom stereocenters. The maximum atomic E-state index is 13.9. The molecule has 4 rings (SSSR count). The van der Waals surface area contributed by atoms with Gasteiger partial charge in [-0.1, -0.05) is 24.0 Å². The minimum Gasteiger partial charge on any atom is -0.383 e. The van der Waals surface area contributed by atoms with Gasteiger partial charge in [0.1, 0.15) is 5.82 Å². The third kappa shape index (κ3) is 6.97. The van der Waals surface area contributed by atoms with E-state index in [1.165, 1.54) is 6.07 Å². The highest BCUT2D eigenvalue weighted by molar-refractivity contribution is 5.98. The number of likely N-dealkylation sites (N-methyl/N-ethyl adjacent to an activating group) is 1. The number of rotatable bonds is 5. The van der Waals surface area contributed by atoms with Crippen molar-refractivity contribution in [3.63, 3.8) is 0 Å². The highest BCUT2D eigenvalue weighted by Crippen LogP contribution is 2.34. The van der Waals surface area contributed by atoms with E-state index in [0.29, 0.717) is 28.1 Å². The number of Topliss-reactive ketones (excluding diaryl/α,β-unsaturated/α-hetero) is 1. The molecule has 3 aromatic rings. The lowest BCUT2D eigenvalue weighted by Crippen LogP contribution is -2.44. The van der Waals surface area contributed by atoms with E-state index < -0.39 is 11.7 Å². The predicted octanol–water partition coefficient (Wildman–Crippen LogP) is 4.56. The van der Waals surface area contributed by atoms with Crippen molar-refractivity contribution < 1.29 is 18.0 Å². The number of alkyl halides is 3. The minimum atomic E-state index is -4.50. The normalized spacial score (nSPS) is 14.7. The Labute approximate surface area is 215 Å². The molecular weight excluding hydrogens is 477 g/mol. The van der Waals surface area contributed by atoms with Gasteiger partial charge >= 0.3 is 6.18 Å². The first kappa shape index (κ1) is 26.4. The molecule has 2 aromatic carbocycles. The van der Waals surface area contributed by atoms with Crippen molar-refractivity contribution in [2.45, 2.75) is 26.1 Å². The Morgan fingerprint density at radius 3 is 2.51 bits per heavy atom. The van der Waals surface area contributed by atoms with E-state index in [1.54, 1.807) is 36.5 Å². The summed E-state index contributed by atoms with van der Waals surface area (Å²) in [5, 5.41) is 0. The van der Waals surface area contributed by atoms with E-state index in [1.807, 2.05) is 24.9 Å². The summed E-state index contributed by atoms with van der Waals surface area (Å²) in [4.78, 5) is 21.3. The Morgan fingerprint density at radius 1 is 1.05 bits per heavy atom. The molecule has 0 bridgehead atoms. The summed E-state index contributed by atoms with van der Waals surface area (Å²) in [5.74, 6) is 6.00. The Kier molecular flexibility index (Phi) is 7.96. The SMILES string of the molecule is Cc1cc(C#Cc2cccnc2N)cc(C(=O)Cc2ccc(CN3CCN(C)CC3)c(C(F)(F)F)c2)c1. The van der Waals surface area contributed by atoms with Crippen LogP contribution in [-0.2, 0) is 19.1 Å². The molecule has 0 aliphatic carbocycles. The first-order chi connectivity index (χ1) is 17.6. The summed E-state index contributed by atoms with van der Waals surface area (Å²) in [6.45, 7) is 5.17. The van der Waals surface area contributed by atoms with Crippen LogP contribution in [0.2, 0.25) is 0 Å². The molecule has 192 valence electrons. The average Bonchev–Trinajstić information content (AvgIpc) is 2.85. The van der Waals surface area contributed by atoms with Gasteiger partial charge in [0.2, 0.25) is 0 Å². The highest BCUT2D eigenvalue weighted by Gasteiger charge is 2.34. The number of hydrogen-bond donors (Lipinski definition) is 1. The summed E-state index contributed by atoms with van der Waals surface area (Å²) in [6.07, 6.45) is -3.06. The maximum absolute atomic E-state index is 13.9. The fraction of sp³-hybridized carbons (Fsp3) is 0.310. The van der Waals surface area contributed by atoms with E-state index >= 15 is 0 Å². The van der Waals surface area contributed by atoms with Crippen LogP contribution in [0.1, 0.15) is 43.7 Å². The van der Waals surface area contributed by atoms with E-state index in [9.17, 15) is 18.0 Å². The molecule has 1 fully saturated rings. The van der Waals surface area contributed by atoms with Crippen LogP contribution in [-0.4, -0.2) is 53.8 Å². The molecular formula is C29H29F3N4O.